The maximum absolute atomic E-state index is 13.1. The van der Waals surface area contributed by atoms with Gasteiger partial charge in [0.1, 0.15) is 5.65 Å². The van der Waals surface area contributed by atoms with E-state index in [9.17, 15) is 27.4 Å². The molecule has 14 heteroatoms. The van der Waals surface area contributed by atoms with Gasteiger partial charge < -0.3 is 15.2 Å². The summed E-state index contributed by atoms with van der Waals surface area (Å²) in [6, 6.07) is 9.30. The zero-order chi connectivity index (χ0) is 35.0. The zero-order valence-electron chi connectivity index (χ0n) is 28.4. The number of hydrogen-bond donors (Lipinski definition) is 3. The average molecular weight is 712 g/mol. The molecule has 3 saturated heterocycles. The van der Waals surface area contributed by atoms with Crippen LogP contribution in [0.4, 0.5) is 20.4 Å². The van der Waals surface area contributed by atoms with Crippen molar-refractivity contribution in [1.29, 1.82) is 0 Å². The number of halogens is 2. The number of pyridine rings is 1. The molecule has 1 aromatic carbocycles. The summed E-state index contributed by atoms with van der Waals surface area (Å²) in [6.45, 7) is 3.23. The van der Waals surface area contributed by atoms with E-state index >= 15 is 0 Å². The molecule has 4 aliphatic rings. The topological polar surface area (TPSA) is 140 Å². The average Bonchev–Trinajstić information content (AvgIpc) is 3.72. The Morgan fingerprint density at radius 2 is 1.60 bits per heavy atom. The smallest absolute Gasteiger partial charge is 0.269 e. The number of fused-ring (bicyclic) bond motifs is 1. The molecule has 0 radical (unpaired) electrons. The highest BCUT2D eigenvalue weighted by Gasteiger charge is 2.29. The van der Waals surface area contributed by atoms with Gasteiger partial charge in [-0.1, -0.05) is 44.2 Å². The monoisotopic (exact) mass is 711 g/mol. The third-order valence-corrected chi connectivity index (χ3v) is 11.9. The van der Waals surface area contributed by atoms with Crippen molar-refractivity contribution in [2.24, 2.45) is 5.92 Å². The van der Waals surface area contributed by atoms with Gasteiger partial charge in [-0.15, -0.1) is 0 Å². The summed E-state index contributed by atoms with van der Waals surface area (Å²) in [5.41, 5.74) is 0.810. The van der Waals surface area contributed by atoms with Crippen molar-refractivity contribution >= 4 is 45.5 Å². The van der Waals surface area contributed by atoms with Crippen LogP contribution < -0.4 is 21.1 Å². The molecule has 50 heavy (non-hydrogen) atoms. The summed E-state index contributed by atoms with van der Waals surface area (Å²) in [6.07, 6.45) is 11.5. The van der Waals surface area contributed by atoms with Crippen LogP contribution in [0.25, 0.3) is 11.0 Å². The van der Waals surface area contributed by atoms with Gasteiger partial charge >= 0.3 is 0 Å². The number of carbonyl (C=O) groups excluding carboxylic acids is 2. The lowest BCUT2D eigenvalue weighted by Crippen LogP contribution is -2.41. The second-order valence-electron chi connectivity index (χ2n) is 13.8. The summed E-state index contributed by atoms with van der Waals surface area (Å²) < 4.78 is 41.1. The standard InChI is InChI=1S/C31H37F2N7O4S.C5H10/c32-27(33)25-17-21-18-34-31(38-28(21)37-30(25)43)35-22-9-14-40(15-10-22)45(44)16-11-19-7-12-39(13-8-19)23-3-1-20(2-4-23)24-5-6-26(41)36-29(24)42;1-2-4-5-3-1/h1-4,17-19,22,24,27H,5-16H2,(H,36,41,42)(H2,34,35,37,38,43);1-5H2. The SMILES string of the molecule is C1CCCC1.O=C1CCC(c2ccc(N3CCC(CCS(=O)N4CCC(Nc5ncc6cc(C(F)F)c(=O)[nH]c6n5)CC4)CC3)cc2)C(=O)N1. The Hall–Kier alpha value is -3.78. The number of nitrogens with one attached hydrogen (secondary N) is 3. The molecule has 1 aliphatic carbocycles. The summed E-state index contributed by atoms with van der Waals surface area (Å²) in [4.78, 5) is 48.8. The molecule has 3 aromatic rings. The Morgan fingerprint density at radius 3 is 2.24 bits per heavy atom. The fourth-order valence-electron chi connectivity index (χ4n) is 7.32. The lowest BCUT2D eigenvalue weighted by Gasteiger charge is -2.35. The molecule has 0 spiro atoms. The van der Waals surface area contributed by atoms with Crippen molar-refractivity contribution in [2.75, 3.05) is 42.1 Å². The first-order valence-electron chi connectivity index (χ1n) is 18.0. The van der Waals surface area contributed by atoms with Gasteiger partial charge in [-0.2, -0.15) is 4.98 Å². The molecule has 3 aliphatic heterocycles. The van der Waals surface area contributed by atoms with Gasteiger partial charge in [0.25, 0.3) is 12.0 Å². The molecular weight excluding hydrogens is 665 g/mol. The van der Waals surface area contributed by atoms with E-state index in [4.69, 9.17) is 0 Å². The first-order valence-corrected chi connectivity index (χ1v) is 19.3. The number of anilines is 2. The third kappa shape index (κ3) is 9.30. The number of benzene rings is 1. The van der Waals surface area contributed by atoms with Crippen LogP contribution in [-0.4, -0.2) is 73.3 Å². The molecule has 11 nitrogen and oxygen atoms in total. The fourth-order valence-corrected chi connectivity index (χ4v) is 8.73. The Balaban J connectivity index is 0.000000794. The fraction of sp³-hybridized carbons (Fsp3) is 0.583. The van der Waals surface area contributed by atoms with E-state index in [1.165, 1.54) is 38.3 Å². The number of hydrogen-bond acceptors (Lipinski definition) is 8. The molecule has 5 heterocycles. The normalized spacial score (nSPS) is 21.6. The van der Waals surface area contributed by atoms with Gasteiger partial charge in [-0.25, -0.2) is 22.3 Å². The summed E-state index contributed by atoms with van der Waals surface area (Å²) >= 11 is 0. The Kier molecular flexibility index (Phi) is 12.2. The number of carbonyl (C=O) groups is 2. The Labute approximate surface area is 293 Å². The molecule has 4 fully saturated rings. The van der Waals surface area contributed by atoms with E-state index in [1.54, 1.807) is 0 Å². The molecule has 2 aromatic heterocycles. The number of alkyl halides is 2. The number of rotatable bonds is 9. The number of amides is 2. The van der Waals surface area contributed by atoms with Gasteiger partial charge in [-0.05, 0) is 68.2 Å². The number of nitrogens with zero attached hydrogens (tertiary/aromatic N) is 4. The molecule has 2 amide bonds. The molecular formula is C36H47F2N7O4S. The van der Waals surface area contributed by atoms with Gasteiger partial charge in [0.2, 0.25) is 17.8 Å². The lowest BCUT2D eigenvalue weighted by molar-refractivity contribution is -0.134. The van der Waals surface area contributed by atoms with Gasteiger partial charge in [0.05, 0.1) is 22.5 Å². The number of aromatic amines is 1. The molecule has 0 bridgehead atoms. The maximum atomic E-state index is 13.1. The molecule has 3 N–H and O–H groups in total. The Bertz CT molecular complexity index is 1700. The van der Waals surface area contributed by atoms with Crippen LogP contribution in [0.5, 0.6) is 0 Å². The van der Waals surface area contributed by atoms with Crippen molar-refractivity contribution < 1.29 is 22.6 Å². The van der Waals surface area contributed by atoms with Crippen LogP contribution >= 0.6 is 0 Å². The van der Waals surface area contributed by atoms with Crippen molar-refractivity contribution in [3.63, 3.8) is 0 Å². The van der Waals surface area contributed by atoms with Crippen molar-refractivity contribution in [2.45, 2.75) is 95.4 Å². The van der Waals surface area contributed by atoms with Crippen LogP contribution in [0.1, 0.15) is 101 Å². The van der Waals surface area contributed by atoms with Crippen LogP contribution in [0.2, 0.25) is 0 Å². The minimum atomic E-state index is -2.87. The number of aromatic nitrogens is 3. The molecule has 2 unspecified atom stereocenters. The van der Waals surface area contributed by atoms with E-state index in [0.29, 0.717) is 48.9 Å². The molecule has 1 saturated carbocycles. The number of H-pyrrole nitrogens is 1. The second-order valence-corrected chi connectivity index (χ2v) is 15.4. The van der Waals surface area contributed by atoms with E-state index in [0.717, 1.165) is 62.5 Å². The van der Waals surface area contributed by atoms with Crippen LogP contribution in [0, 0.1) is 5.92 Å². The van der Waals surface area contributed by atoms with Crippen molar-refractivity contribution in [3.8, 4) is 0 Å². The third-order valence-electron chi connectivity index (χ3n) is 10.4. The van der Waals surface area contributed by atoms with Gasteiger partial charge in [0, 0.05) is 61.7 Å². The predicted molar refractivity (Wildman–Crippen MR) is 191 cm³/mol. The van der Waals surface area contributed by atoms with E-state index in [2.05, 4.69) is 42.6 Å². The maximum Gasteiger partial charge on any atom is 0.269 e. The lowest BCUT2D eigenvalue weighted by atomic mass is 9.90. The van der Waals surface area contributed by atoms with E-state index in [1.807, 2.05) is 16.4 Å². The second kappa shape index (κ2) is 17.0. The number of imide groups is 1. The summed E-state index contributed by atoms with van der Waals surface area (Å²) in [5, 5.41) is 6.03. The predicted octanol–water partition coefficient (Wildman–Crippen LogP) is 5.57. The minimum absolute atomic E-state index is 0.0742. The first kappa shape index (κ1) is 36.0. The highest BCUT2D eigenvalue weighted by molar-refractivity contribution is 7.82. The van der Waals surface area contributed by atoms with Gasteiger partial charge in [-0.3, -0.25) is 19.7 Å². The summed E-state index contributed by atoms with van der Waals surface area (Å²) in [5.74, 6) is 0.795. The van der Waals surface area contributed by atoms with E-state index < -0.39 is 28.5 Å². The number of piperidine rings is 3. The Morgan fingerprint density at radius 1 is 0.920 bits per heavy atom. The van der Waals surface area contributed by atoms with Crippen LogP contribution in [-0.2, 0) is 20.6 Å². The summed E-state index contributed by atoms with van der Waals surface area (Å²) in [7, 11) is -1.05. The van der Waals surface area contributed by atoms with Crippen LogP contribution in [0.15, 0.2) is 41.3 Å². The molecule has 270 valence electrons. The zero-order valence-corrected chi connectivity index (χ0v) is 29.2. The van der Waals surface area contributed by atoms with Crippen molar-refractivity contribution in [1.82, 2.24) is 24.6 Å². The molecule has 2 atom stereocenters. The highest BCUT2D eigenvalue weighted by Crippen LogP contribution is 2.30. The van der Waals surface area contributed by atoms with E-state index in [-0.39, 0.29) is 29.4 Å². The largest absolute Gasteiger partial charge is 0.372 e. The first-order chi connectivity index (χ1) is 24.2. The molecule has 7 rings (SSSR count). The van der Waals surface area contributed by atoms with Crippen LogP contribution in [0.3, 0.4) is 0 Å². The van der Waals surface area contributed by atoms with Crippen molar-refractivity contribution in [3.05, 3.63) is 58.0 Å². The quantitative estimate of drug-likeness (QED) is 0.245. The minimum Gasteiger partial charge on any atom is -0.372 e. The highest BCUT2D eigenvalue weighted by atomic mass is 32.2. The van der Waals surface area contributed by atoms with Gasteiger partial charge in [0.15, 0.2) is 0 Å².